The molecule has 5 heteroatoms. The van der Waals surface area contributed by atoms with E-state index in [1.165, 1.54) is 5.56 Å². The van der Waals surface area contributed by atoms with Gasteiger partial charge in [0, 0.05) is 18.7 Å². The molecule has 2 aromatic rings. The van der Waals surface area contributed by atoms with Crippen molar-refractivity contribution in [3.8, 4) is 0 Å². The number of carbonyl (C=O) groups excluding carboxylic acids is 1. The summed E-state index contributed by atoms with van der Waals surface area (Å²) in [5, 5.41) is 3.99. The zero-order valence-corrected chi connectivity index (χ0v) is 16.8. The molecule has 1 amide bonds. The fourth-order valence-corrected chi connectivity index (χ4v) is 3.80. The highest BCUT2D eigenvalue weighted by Crippen LogP contribution is 2.20. The van der Waals surface area contributed by atoms with E-state index >= 15 is 0 Å². The second-order valence-electron chi connectivity index (χ2n) is 7.80. The Hall–Kier alpha value is -2.14. The van der Waals surface area contributed by atoms with Gasteiger partial charge in [0.2, 0.25) is 5.91 Å². The van der Waals surface area contributed by atoms with E-state index in [0.717, 1.165) is 62.5 Å². The van der Waals surface area contributed by atoms with Crippen molar-refractivity contribution in [3.05, 3.63) is 52.9 Å². The molecule has 27 heavy (non-hydrogen) atoms. The number of amides is 1. The normalized spacial score (nSPS) is 15.8. The van der Waals surface area contributed by atoms with Crippen LogP contribution in [0.3, 0.4) is 0 Å². The summed E-state index contributed by atoms with van der Waals surface area (Å²) in [6, 6.07) is 10.4. The largest absolute Gasteiger partial charge is 0.361 e. The molecule has 1 fully saturated rings. The number of aromatic nitrogens is 1. The number of piperidine rings is 1. The lowest BCUT2D eigenvalue weighted by molar-refractivity contribution is -0.131. The average Bonchev–Trinajstić information content (AvgIpc) is 2.99. The molecule has 2 heterocycles. The number of likely N-dealkylation sites (tertiary alicyclic amines) is 1. The Labute approximate surface area is 162 Å². The molecule has 0 N–H and O–H groups in total. The molecule has 0 radical (unpaired) electrons. The third-order valence-electron chi connectivity index (χ3n) is 5.69. The zero-order valence-electron chi connectivity index (χ0n) is 16.8. The SMILES string of the molecule is Cc1noc(C)c1CC(=O)N(CCc1ccccc1)CC1CCN(C)CC1. The van der Waals surface area contributed by atoms with Crippen LogP contribution in [-0.2, 0) is 17.6 Å². The fourth-order valence-electron chi connectivity index (χ4n) is 3.80. The second-order valence-corrected chi connectivity index (χ2v) is 7.80. The maximum absolute atomic E-state index is 13.1. The molecular formula is C22H31N3O2. The summed E-state index contributed by atoms with van der Waals surface area (Å²) < 4.78 is 5.24. The van der Waals surface area contributed by atoms with Gasteiger partial charge in [0.05, 0.1) is 12.1 Å². The number of hydrogen-bond donors (Lipinski definition) is 0. The van der Waals surface area contributed by atoms with Crippen molar-refractivity contribution in [1.29, 1.82) is 0 Å². The van der Waals surface area contributed by atoms with Gasteiger partial charge in [-0.25, -0.2) is 0 Å². The van der Waals surface area contributed by atoms with Gasteiger partial charge in [0.1, 0.15) is 5.76 Å². The molecule has 1 aliphatic heterocycles. The van der Waals surface area contributed by atoms with E-state index in [1.807, 2.05) is 19.9 Å². The van der Waals surface area contributed by atoms with Gasteiger partial charge in [0.15, 0.2) is 0 Å². The van der Waals surface area contributed by atoms with Crippen molar-refractivity contribution in [3.63, 3.8) is 0 Å². The molecule has 0 unspecified atom stereocenters. The van der Waals surface area contributed by atoms with Gasteiger partial charge in [-0.1, -0.05) is 35.5 Å². The van der Waals surface area contributed by atoms with Gasteiger partial charge in [-0.2, -0.15) is 0 Å². The van der Waals surface area contributed by atoms with E-state index < -0.39 is 0 Å². The van der Waals surface area contributed by atoms with E-state index in [4.69, 9.17) is 4.52 Å². The first kappa shape index (κ1) is 19.6. The van der Waals surface area contributed by atoms with Crippen LogP contribution in [0.5, 0.6) is 0 Å². The van der Waals surface area contributed by atoms with Crippen molar-refractivity contribution in [2.75, 3.05) is 33.2 Å². The third kappa shape index (κ3) is 5.42. The molecule has 0 aliphatic carbocycles. The first-order valence-corrected chi connectivity index (χ1v) is 9.95. The van der Waals surface area contributed by atoms with Gasteiger partial charge >= 0.3 is 0 Å². The summed E-state index contributed by atoms with van der Waals surface area (Å²) in [5.74, 6) is 1.52. The van der Waals surface area contributed by atoms with Crippen LogP contribution in [0, 0.1) is 19.8 Å². The lowest BCUT2D eigenvalue weighted by Crippen LogP contribution is -2.41. The van der Waals surface area contributed by atoms with Crippen LogP contribution in [0.1, 0.15) is 35.4 Å². The van der Waals surface area contributed by atoms with E-state index in [2.05, 4.69) is 46.3 Å². The average molecular weight is 370 g/mol. The first-order valence-electron chi connectivity index (χ1n) is 9.95. The van der Waals surface area contributed by atoms with E-state index in [1.54, 1.807) is 0 Å². The molecule has 1 saturated heterocycles. The summed E-state index contributed by atoms with van der Waals surface area (Å²) in [6.07, 6.45) is 3.59. The van der Waals surface area contributed by atoms with Crippen LogP contribution in [-0.4, -0.2) is 54.1 Å². The smallest absolute Gasteiger partial charge is 0.227 e. The molecule has 0 bridgehead atoms. The molecule has 3 rings (SSSR count). The number of carbonyl (C=O) groups is 1. The van der Waals surface area contributed by atoms with Crippen LogP contribution in [0.15, 0.2) is 34.9 Å². The maximum Gasteiger partial charge on any atom is 0.227 e. The molecule has 5 nitrogen and oxygen atoms in total. The van der Waals surface area contributed by atoms with Crippen molar-refractivity contribution in [2.45, 2.75) is 39.5 Å². The van der Waals surface area contributed by atoms with Crippen LogP contribution < -0.4 is 0 Å². The van der Waals surface area contributed by atoms with Gasteiger partial charge in [-0.15, -0.1) is 0 Å². The molecule has 0 saturated carbocycles. The number of rotatable bonds is 7. The second kappa shape index (κ2) is 9.18. The third-order valence-corrected chi connectivity index (χ3v) is 5.69. The van der Waals surface area contributed by atoms with Crippen LogP contribution in [0.25, 0.3) is 0 Å². The van der Waals surface area contributed by atoms with Crippen LogP contribution in [0.2, 0.25) is 0 Å². The summed E-state index contributed by atoms with van der Waals surface area (Å²) in [6.45, 7) is 7.64. The summed E-state index contributed by atoms with van der Waals surface area (Å²) in [5.41, 5.74) is 3.03. The minimum atomic E-state index is 0.180. The van der Waals surface area contributed by atoms with Gasteiger partial charge in [-0.05, 0) is 64.7 Å². The summed E-state index contributed by atoms with van der Waals surface area (Å²) >= 11 is 0. The molecule has 1 aromatic heterocycles. The van der Waals surface area contributed by atoms with Crippen molar-refractivity contribution in [2.24, 2.45) is 5.92 Å². The van der Waals surface area contributed by atoms with Gasteiger partial charge in [-0.3, -0.25) is 4.79 Å². The minimum absolute atomic E-state index is 0.180. The number of benzene rings is 1. The standard InChI is InChI=1S/C22H31N3O2/c1-17-21(18(2)27-23-17)15-22(26)25(14-11-19-7-5-4-6-8-19)16-20-9-12-24(3)13-10-20/h4-8,20H,9-16H2,1-3H3. The first-order chi connectivity index (χ1) is 13.0. The molecule has 1 aliphatic rings. The van der Waals surface area contributed by atoms with E-state index in [9.17, 15) is 4.79 Å². The van der Waals surface area contributed by atoms with Crippen molar-refractivity contribution >= 4 is 5.91 Å². The Kier molecular flexibility index (Phi) is 6.67. The predicted octanol–water partition coefficient (Wildman–Crippen LogP) is 3.25. The lowest BCUT2D eigenvalue weighted by atomic mass is 9.96. The Bertz CT molecular complexity index is 714. The Morgan fingerprint density at radius 1 is 1.22 bits per heavy atom. The zero-order chi connectivity index (χ0) is 19.2. The molecule has 146 valence electrons. The van der Waals surface area contributed by atoms with Crippen molar-refractivity contribution in [1.82, 2.24) is 15.0 Å². The minimum Gasteiger partial charge on any atom is -0.361 e. The van der Waals surface area contributed by atoms with Crippen LogP contribution in [0.4, 0.5) is 0 Å². The quantitative estimate of drug-likeness (QED) is 0.752. The fraction of sp³-hybridized carbons (Fsp3) is 0.545. The van der Waals surface area contributed by atoms with Gasteiger partial charge in [0.25, 0.3) is 0 Å². The molecule has 1 aromatic carbocycles. The Balaban J connectivity index is 1.66. The Morgan fingerprint density at radius 2 is 1.93 bits per heavy atom. The number of nitrogens with zero attached hydrogens (tertiary/aromatic N) is 3. The van der Waals surface area contributed by atoms with E-state index in [-0.39, 0.29) is 5.91 Å². The van der Waals surface area contributed by atoms with Crippen LogP contribution >= 0.6 is 0 Å². The Morgan fingerprint density at radius 3 is 2.56 bits per heavy atom. The summed E-state index contributed by atoms with van der Waals surface area (Å²) in [4.78, 5) is 17.6. The predicted molar refractivity (Wildman–Crippen MR) is 107 cm³/mol. The highest BCUT2D eigenvalue weighted by atomic mass is 16.5. The monoisotopic (exact) mass is 369 g/mol. The topological polar surface area (TPSA) is 49.6 Å². The summed E-state index contributed by atoms with van der Waals surface area (Å²) in [7, 11) is 2.17. The van der Waals surface area contributed by atoms with Gasteiger partial charge < -0.3 is 14.3 Å². The number of hydrogen-bond acceptors (Lipinski definition) is 4. The highest BCUT2D eigenvalue weighted by molar-refractivity contribution is 5.79. The molecular weight excluding hydrogens is 338 g/mol. The van der Waals surface area contributed by atoms with Crippen molar-refractivity contribution < 1.29 is 9.32 Å². The molecule has 0 atom stereocenters. The van der Waals surface area contributed by atoms with E-state index in [0.29, 0.717) is 12.3 Å². The number of aryl methyl sites for hydroxylation is 2. The highest BCUT2D eigenvalue weighted by Gasteiger charge is 2.24. The lowest BCUT2D eigenvalue weighted by Gasteiger charge is -2.33. The maximum atomic E-state index is 13.1. The molecule has 0 spiro atoms.